The summed E-state index contributed by atoms with van der Waals surface area (Å²) in [5.74, 6) is -0.438. The highest BCUT2D eigenvalue weighted by Gasteiger charge is 2.18. The molecule has 0 atom stereocenters. The predicted molar refractivity (Wildman–Crippen MR) is 90.0 cm³/mol. The van der Waals surface area contributed by atoms with Crippen LogP contribution >= 0.6 is 11.6 Å². The fraction of sp³-hybridized carbons (Fsp3) is 0.294. The average molecular weight is 319 g/mol. The van der Waals surface area contributed by atoms with Crippen LogP contribution in [-0.4, -0.2) is 10.5 Å². The van der Waals surface area contributed by atoms with Gasteiger partial charge >= 0.3 is 0 Å². The van der Waals surface area contributed by atoms with Crippen molar-refractivity contribution >= 4 is 23.2 Å². The van der Waals surface area contributed by atoms with E-state index >= 15 is 0 Å². The largest absolute Gasteiger partial charge is 0.320 e. The number of nitrogens with one attached hydrogen (secondary N) is 1. The van der Waals surface area contributed by atoms with Crippen LogP contribution in [0.1, 0.15) is 32.7 Å². The first-order valence-corrected chi connectivity index (χ1v) is 7.35. The van der Waals surface area contributed by atoms with Crippen LogP contribution in [0.3, 0.4) is 0 Å². The minimum Gasteiger partial charge on any atom is -0.320 e. The Labute approximate surface area is 134 Å². The van der Waals surface area contributed by atoms with Gasteiger partial charge in [0.15, 0.2) is 0 Å². The van der Waals surface area contributed by atoms with Crippen LogP contribution in [0, 0.1) is 27.7 Å². The molecular weight excluding hydrogens is 300 g/mol. The van der Waals surface area contributed by atoms with E-state index < -0.39 is 5.91 Å². The maximum Gasteiger partial charge on any atom is 0.263 e. The summed E-state index contributed by atoms with van der Waals surface area (Å²) in [6.07, 6.45) is 0. The van der Waals surface area contributed by atoms with Crippen LogP contribution in [0.2, 0.25) is 5.02 Å². The molecule has 0 bridgehead atoms. The third-order valence-electron chi connectivity index (χ3n) is 3.76. The van der Waals surface area contributed by atoms with Gasteiger partial charge in [0.1, 0.15) is 5.56 Å². The third-order valence-corrected chi connectivity index (χ3v) is 4.06. The summed E-state index contributed by atoms with van der Waals surface area (Å²) in [6, 6.07) is 5.53. The Hall–Kier alpha value is -2.07. The van der Waals surface area contributed by atoms with Gasteiger partial charge in [0.05, 0.1) is 10.7 Å². The number of halogens is 1. The number of aromatic nitrogens is 1. The van der Waals surface area contributed by atoms with Crippen molar-refractivity contribution in [1.82, 2.24) is 4.57 Å². The Morgan fingerprint density at radius 2 is 1.73 bits per heavy atom. The van der Waals surface area contributed by atoms with Gasteiger partial charge in [-0.1, -0.05) is 17.7 Å². The number of carbonyl (C=O) groups is 1. The van der Waals surface area contributed by atoms with Crippen molar-refractivity contribution in [2.24, 2.45) is 7.05 Å². The van der Waals surface area contributed by atoms with Gasteiger partial charge in [-0.25, -0.2) is 0 Å². The second-order valence-electron chi connectivity index (χ2n) is 5.60. The van der Waals surface area contributed by atoms with E-state index in [0.717, 1.165) is 16.8 Å². The van der Waals surface area contributed by atoms with Gasteiger partial charge in [-0.15, -0.1) is 0 Å². The van der Waals surface area contributed by atoms with E-state index in [4.69, 9.17) is 11.6 Å². The Morgan fingerprint density at radius 1 is 1.09 bits per heavy atom. The highest BCUT2D eigenvalue weighted by Crippen LogP contribution is 2.27. The van der Waals surface area contributed by atoms with Crippen molar-refractivity contribution in [2.75, 3.05) is 5.32 Å². The van der Waals surface area contributed by atoms with E-state index in [-0.39, 0.29) is 11.1 Å². The van der Waals surface area contributed by atoms with Crippen LogP contribution in [0.5, 0.6) is 0 Å². The molecule has 116 valence electrons. The van der Waals surface area contributed by atoms with E-state index in [1.807, 2.05) is 32.9 Å². The molecule has 1 aromatic carbocycles. The molecule has 0 radical (unpaired) electrons. The zero-order valence-corrected chi connectivity index (χ0v) is 14.1. The summed E-state index contributed by atoms with van der Waals surface area (Å²) in [6.45, 7) is 7.39. The zero-order chi connectivity index (χ0) is 16.6. The molecule has 0 unspecified atom stereocenters. The lowest BCUT2D eigenvalue weighted by Gasteiger charge is -2.14. The minimum absolute atomic E-state index is 0.143. The smallest absolute Gasteiger partial charge is 0.263 e. The molecule has 0 aliphatic carbocycles. The second kappa shape index (κ2) is 5.97. The number of nitrogens with zero attached hydrogens (tertiary/aromatic N) is 1. The summed E-state index contributed by atoms with van der Waals surface area (Å²) in [5, 5.41) is 3.23. The molecule has 2 aromatic rings. The summed E-state index contributed by atoms with van der Waals surface area (Å²) >= 11 is 6.20. The molecule has 0 saturated carbocycles. The van der Waals surface area contributed by atoms with E-state index in [1.54, 1.807) is 20.0 Å². The van der Waals surface area contributed by atoms with Gasteiger partial charge in [0.25, 0.3) is 11.5 Å². The lowest BCUT2D eigenvalue weighted by Crippen LogP contribution is -2.30. The molecule has 4 nitrogen and oxygen atoms in total. The molecule has 1 heterocycles. The number of anilines is 1. The molecule has 22 heavy (non-hydrogen) atoms. The highest BCUT2D eigenvalue weighted by atomic mass is 35.5. The number of aryl methyl sites for hydroxylation is 4. The van der Waals surface area contributed by atoms with Crippen LogP contribution in [0.15, 0.2) is 23.0 Å². The monoisotopic (exact) mass is 318 g/mol. The lowest BCUT2D eigenvalue weighted by molar-refractivity contribution is 0.102. The summed E-state index contributed by atoms with van der Waals surface area (Å²) in [7, 11) is 1.65. The number of pyridine rings is 1. The first-order chi connectivity index (χ1) is 10.2. The van der Waals surface area contributed by atoms with Crippen molar-refractivity contribution in [3.8, 4) is 0 Å². The molecular formula is C17H19ClN2O2. The molecule has 1 N–H and O–H groups in total. The van der Waals surface area contributed by atoms with E-state index in [0.29, 0.717) is 16.3 Å². The summed E-state index contributed by atoms with van der Waals surface area (Å²) in [5.41, 5.74) is 3.71. The molecule has 0 aliphatic rings. The van der Waals surface area contributed by atoms with E-state index in [2.05, 4.69) is 5.32 Å². The number of carbonyl (C=O) groups excluding carboxylic acids is 1. The molecule has 0 aliphatic heterocycles. The molecule has 0 saturated heterocycles. The zero-order valence-electron chi connectivity index (χ0n) is 13.4. The molecule has 2 rings (SSSR count). The van der Waals surface area contributed by atoms with Crippen molar-refractivity contribution in [3.05, 3.63) is 61.5 Å². The quantitative estimate of drug-likeness (QED) is 0.921. The molecule has 1 amide bonds. The predicted octanol–water partition coefficient (Wildman–Crippen LogP) is 3.52. The SMILES string of the molecule is Cc1cc(C)c(NC(=O)c2c(C)cc(C)n(C)c2=O)c(Cl)c1. The van der Waals surface area contributed by atoms with E-state index in [1.165, 1.54) is 4.57 Å². The molecule has 0 fully saturated rings. The standard InChI is InChI=1S/C17H19ClN2O2/c1-9-6-11(3)15(13(18)7-9)19-16(21)14-10(2)8-12(4)20(5)17(14)22/h6-8H,1-5H3,(H,19,21). The maximum absolute atomic E-state index is 12.5. The van der Waals surface area contributed by atoms with Crippen molar-refractivity contribution in [2.45, 2.75) is 27.7 Å². The lowest BCUT2D eigenvalue weighted by atomic mass is 10.1. The topological polar surface area (TPSA) is 51.1 Å². The van der Waals surface area contributed by atoms with E-state index in [9.17, 15) is 9.59 Å². The normalized spacial score (nSPS) is 10.6. The van der Waals surface area contributed by atoms with Gasteiger partial charge in [0.2, 0.25) is 0 Å². The fourth-order valence-electron chi connectivity index (χ4n) is 2.51. The number of rotatable bonds is 2. The number of hydrogen-bond donors (Lipinski definition) is 1. The van der Waals surface area contributed by atoms with Gasteiger partial charge < -0.3 is 9.88 Å². The molecule has 0 spiro atoms. The highest BCUT2D eigenvalue weighted by molar-refractivity contribution is 6.34. The molecule has 1 aromatic heterocycles. The Kier molecular flexibility index (Phi) is 4.42. The van der Waals surface area contributed by atoms with Crippen molar-refractivity contribution < 1.29 is 4.79 Å². The first kappa shape index (κ1) is 16.3. The first-order valence-electron chi connectivity index (χ1n) is 6.97. The fourth-order valence-corrected chi connectivity index (χ4v) is 2.87. The Bertz CT molecular complexity index is 799. The number of hydrogen-bond acceptors (Lipinski definition) is 2. The minimum atomic E-state index is -0.438. The molecule has 5 heteroatoms. The Balaban J connectivity index is 2.48. The van der Waals surface area contributed by atoms with Crippen LogP contribution < -0.4 is 10.9 Å². The average Bonchev–Trinajstić information content (AvgIpc) is 2.40. The van der Waals surface area contributed by atoms with Gasteiger partial charge in [0, 0.05) is 12.7 Å². The summed E-state index contributed by atoms with van der Waals surface area (Å²) in [4.78, 5) is 24.9. The van der Waals surface area contributed by atoms with Crippen LogP contribution in [0.25, 0.3) is 0 Å². The Morgan fingerprint density at radius 3 is 2.32 bits per heavy atom. The van der Waals surface area contributed by atoms with Crippen molar-refractivity contribution in [1.29, 1.82) is 0 Å². The second-order valence-corrected chi connectivity index (χ2v) is 6.01. The maximum atomic E-state index is 12.5. The van der Waals surface area contributed by atoms with Gasteiger partial charge in [-0.3, -0.25) is 9.59 Å². The third kappa shape index (κ3) is 2.92. The number of benzene rings is 1. The van der Waals surface area contributed by atoms with Crippen LogP contribution in [-0.2, 0) is 7.05 Å². The van der Waals surface area contributed by atoms with Gasteiger partial charge in [-0.2, -0.15) is 0 Å². The summed E-state index contributed by atoms with van der Waals surface area (Å²) < 4.78 is 1.46. The van der Waals surface area contributed by atoms with Crippen LogP contribution in [0.4, 0.5) is 5.69 Å². The van der Waals surface area contributed by atoms with Gasteiger partial charge in [-0.05, 0) is 56.5 Å². The number of amides is 1. The van der Waals surface area contributed by atoms with Crippen molar-refractivity contribution in [3.63, 3.8) is 0 Å².